The summed E-state index contributed by atoms with van der Waals surface area (Å²) in [5, 5.41) is 10.8. The van der Waals surface area contributed by atoms with Gasteiger partial charge in [-0.2, -0.15) is 0 Å². The highest BCUT2D eigenvalue weighted by Crippen LogP contribution is 2.36. The van der Waals surface area contributed by atoms with Crippen molar-refractivity contribution >= 4 is 51.2 Å². The van der Waals surface area contributed by atoms with Crippen molar-refractivity contribution in [2.24, 2.45) is 5.92 Å². The summed E-state index contributed by atoms with van der Waals surface area (Å²) in [5.41, 5.74) is -1.09. The highest BCUT2D eigenvalue weighted by molar-refractivity contribution is 8.76. The van der Waals surface area contributed by atoms with Gasteiger partial charge < -0.3 is 26.0 Å². The predicted octanol–water partition coefficient (Wildman–Crippen LogP) is 0.670. The summed E-state index contributed by atoms with van der Waals surface area (Å²) < 4.78 is 5.21. The third-order valence-corrected chi connectivity index (χ3v) is 7.87. The van der Waals surface area contributed by atoms with Gasteiger partial charge in [-0.05, 0) is 31.3 Å². The molecule has 190 valence electrons. The average molecular weight is 515 g/mol. The van der Waals surface area contributed by atoms with E-state index in [1.165, 1.54) is 35.6 Å². The zero-order chi connectivity index (χ0) is 25.3. The van der Waals surface area contributed by atoms with Crippen molar-refractivity contribution < 1.29 is 28.7 Å². The van der Waals surface area contributed by atoms with Crippen LogP contribution in [0, 0.1) is 5.92 Å². The predicted molar refractivity (Wildman–Crippen MR) is 132 cm³/mol. The standard InChI is InChI=1S/C22H34N4O6S2/c1-13(2)18(20(30)23-4)25-19(29)16-12-34-33-10-6-5-7-15(32-14(3)27)11-17(28)26-22(8-9-22)21(31)24-16/h5,7,13,15-16,18H,6,8-12H2,1-4H3,(H,23,30)(H,24,31)(H,25,29)(H,26,28)/b7-5+/t15-,16-,18?/m1/s1. The molecule has 0 aromatic carbocycles. The van der Waals surface area contributed by atoms with Crippen LogP contribution in [0.25, 0.3) is 0 Å². The highest BCUT2D eigenvalue weighted by atomic mass is 33.1. The maximum atomic E-state index is 13.1. The Morgan fingerprint density at radius 3 is 2.50 bits per heavy atom. The third-order valence-electron chi connectivity index (χ3n) is 5.42. The third kappa shape index (κ3) is 8.53. The van der Waals surface area contributed by atoms with E-state index >= 15 is 0 Å². The number of ether oxygens (including phenoxy) is 1. The number of carbonyl (C=O) groups is 5. The van der Waals surface area contributed by atoms with E-state index in [0.29, 0.717) is 25.0 Å². The van der Waals surface area contributed by atoms with Crippen LogP contribution >= 0.6 is 21.6 Å². The highest BCUT2D eigenvalue weighted by Gasteiger charge is 2.52. The molecule has 3 atom stereocenters. The van der Waals surface area contributed by atoms with Crippen LogP contribution in [-0.2, 0) is 28.7 Å². The Hall–Kier alpha value is -2.21. The van der Waals surface area contributed by atoms with Gasteiger partial charge in [0, 0.05) is 25.5 Å². The van der Waals surface area contributed by atoms with E-state index in [0.717, 1.165) is 5.75 Å². The molecule has 1 aliphatic heterocycles. The second-order valence-electron chi connectivity index (χ2n) is 8.68. The molecular weight excluding hydrogens is 480 g/mol. The van der Waals surface area contributed by atoms with E-state index < -0.39 is 47.4 Å². The first-order valence-electron chi connectivity index (χ1n) is 11.3. The normalized spacial score (nSPS) is 25.1. The van der Waals surface area contributed by atoms with E-state index in [9.17, 15) is 24.0 Å². The van der Waals surface area contributed by atoms with E-state index in [1.54, 1.807) is 6.08 Å². The lowest BCUT2D eigenvalue weighted by molar-refractivity contribution is -0.145. The van der Waals surface area contributed by atoms with Gasteiger partial charge in [-0.1, -0.05) is 41.5 Å². The summed E-state index contributed by atoms with van der Waals surface area (Å²) in [6.07, 6.45) is 4.30. The van der Waals surface area contributed by atoms with E-state index in [1.807, 2.05) is 19.9 Å². The molecular formula is C22H34N4O6S2. The lowest BCUT2D eigenvalue weighted by Crippen LogP contribution is -2.59. The number of hydrogen-bond donors (Lipinski definition) is 4. The van der Waals surface area contributed by atoms with Crippen LogP contribution in [0.4, 0.5) is 0 Å². The van der Waals surface area contributed by atoms with Gasteiger partial charge in [-0.25, -0.2) is 0 Å². The fourth-order valence-corrected chi connectivity index (χ4v) is 5.52. The van der Waals surface area contributed by atoms with Gasteiger partial charge in [0.25, 0.3) is 0 Å². The van der Waals surface area contributed by atoms with Crippen molar-refractivity contribution in [2.45, 2.75) is 70.2 Å². The van der Waals surface area contributed by atoms with Crippen LogP contribution in [0.1, 0.15) is 46.5 Å². The minimum atomic E-state index is -1.09. The molecule has 4 N–H and O–H groups in total. The van der Waals surface area contributed by atoms with Gasteiger partial charge in [0.05, 0.1) is 6.42 Å². The summed E-state index contributed by atoms with van der Waals surface area (Å²) in [6.45, 7) is 4.93. The zero-order valence-electron chi connectivity index (χ0n) is 20.0. The topological polar surface area (TPSA) is 143 Å². The van der Waals surface area contributed by atoms with E-state index in [2.05, 4.69) is 21.3 Å². The second-order valence-corrected chi connectivity index (χ2v) is 11.3. The Bertz CT molecular complexity index is 815. The van der Waals surface area contributed by atoms with Crippen molar-refractivity contribution in [3.63, 3.8) is 0 Å². The number of nitrogens with one attached hydrogen (secondary N) is 4. The molecule has 1 spiro atoms. The Kier molecular flexibility index (Phi) is 10.7. The fourth-order valence-electron chi connectivity index (χ4n) is 3.36. The number of esters is 1. The molecule has 0 saturated heterocycles. The smallest absolute Gasteiger partial charge is 0.303 e. The molecule has 12 heteroatoms. The van der Waals surface area contributed by atoms with Gasteiger partial charge in [0.1, 0.15) is 23.7 Å². The Balaban J connectivity index is 2.16. The number of rotatable bonds is 5. The molecule has 10 nitrogen and oxygen atoms in total. The zero-order valence-corrected chi connectivity index (χ0v) is 21.6. The van der Waals surface area contributed by atoms with Crippen LogP contribution in [0.5, 0.6) is 0 Å². The van der Waals surface area contributed by atoms with Crippen LogP contribution in [0.2, 0.25) is 0 Å². The summed E-state index contributed by atoms with van der Waals surface area (Å²) >= 11 is 0. The van der Waals surface area contributed by atoms with Crippen molar-refractivity contribution in [3.8, 4) is 0 Å². The second kappa shape index (κ2) is 13.0. The maximum Gasteiger partial charge on any atom is 0.303 e. The van der Waals surface area contributed by atoms with Crippen molar-refractivity contribution in [1.82, 2.24) is 21.3 Å². The summed E-state index contributed by atoms with van der Waals surface area (Å²) in [5.74, 6) is -1.24. The average Bonchev–Trinajstić information content (AvgIpc) is 3.54. The van der Waals surface area contributed by atoms with Crippen LogP contribution in [-0.4, -0.2) is 71.9 Å². The monoisotopic (exact) mass is 514 g/mol. The molecule has 2 rings (SSSR count). The van der Waals surface area contributed by atoms with Gasteiger partial charge in [-0.3, -0.25) is 24.0 Å². The molecule has 1 heterocycles. The largest absolute Gasteiger partial charge is 0.458 e. The first kappa shape index (κ1) is 28.0. The lowest BCUT2D eigenvalue weighted by Gasteiger charge is -2.26. The number of hydrogen-bond acceptors (Lipinski definition) is 8. The molecule has 4 amide bonds. The van der Waals surface area contributed by atoms with Gasteiger partial charge >= 0.3 is 5.97 Å². The summed E-state index contributed by atoms with van der Waals surface area (Å²) in [6, 6.07) is -1.61. The minimum absolute atomic E-state index is 0.0981. The van der Waals surface area contributed by atoms with E-state index in [4.69, 9.17) is 4.74 Å². The van der Waals surface area contributed by atoms with Crippen LogP contribution in [0.3, 0.4) is 0 Å². The van der Waals surface area contributed by atoms with Crippen molar-refractivity contribution in [1.29, 1.82) is 0 Å². The number of allylic oxidation sites excluding steroid dienone is 1. The molecule has 0 aromatic heterocycles. The molecule has 1 fully saturated rings. The first-order valence-corrected chi connectivity index (χ1v) is 13.8. The Labute approximate surface area is 207 Å². The molecule has 0 radical (unpaired) electrons. The van der Waals surface area contributed by atoms with Gasteiger partial charge in [0.15, 0.2) is 0 Å². The molecule has 1 unspecified atom stereocenters. The maximum absolute atomic E-state index is 13.1. The van der Waals surface area contributed by atoms with Gasteiger partial charge in [0.2, 0.25) is 23.6 Å². The van der Waals surface area contributed by atoms with E-state index in [-0.39, 0.29) is 18.2 Å². The van der Waals surface area contributed by atoms with Crippen molar-refractivity contribution in [3.05, 3.63) is 12.2 Å². The quantitative estimate of drug-likeness (QED) is 0.238. The first-order chi connectivity index (χ1) is 16.1. The number of likely N-dealkylation sites (N-methyl/N-ethyl adjacent to an activating group) is 1. The van der Waals surface area contributed by atoms with Gasteiger partial charge in [-0.15, -0.1) is 0 Å². The molecule has 1 aliphatic carbocycles. The molecule has 1 saturated carbocycles. The minimum Gasteiger partial charge on any atom is -0.458 e. The molecule has 34 heavy (non-hydrogen) atoms. The summed E-state index contributed by atoms with van der Waals surface area (Å²) in [4.78, 5) is 62.3. The molecule has 2 aliphatic rings. The molecule has 0 bridgehead atoms. The lowest BCUT2D eigenvalue weighted by atomic mass is 10.0. The fraction of sp³-hybridized carbons (Fsp3) is 0.682. The van der Waals surface area contributed by atoms with Crippen LogP contribution < -0.4 is 21.3 Å². The molecule has 0 aromatic rings. The SMILES string of the molecule is CNC(=O)C(NC(=O)[C@H]1CSSCC/C=C/[C@@H](OC(C)=O)CC(=O)NC2(CC2)C(=O)N1)C(C)C. The Morgan fingerprint density at radius 1 is 1.21 bits per heavy atom. The Morgan fingerprint density at radius 2 is 1.91 bits per heavy atom. The number of carbonyl (C=O) groups excluding carboxylic acids is 5. The number of amides is 4. The van der Waals surface area contributed by atoms with Crippen LogP contribution in [0.15, 0.2) is 12.2 Å². The summed E-state index contributed by atoms with van der Waals surface area (Å²) in [7, 11) is 4.48. The van der Waals surface area contributed by atoms with Crippen molar-refractivity contribution in [2.75, 3.05) is 18.6 Å².